The number of amides is 1. The fourth-order valence-corrected chi connectivity index (χ4v) is 0.925. The van der Waals surface area contributed by atoms with Gasteiger partial charge >= 0.3 is 0 Å². The molecule has 0 fully saturated rings. The van der Waals surface area contributed by atoms with Gasteiger partial charge in [0.25, 0.3) is 5.91 Å². The third-order valence-corrected chi connectivity index (χ3v) is 1.70. The van der Waals surface area contributed by atoms with Crippen LogP contribution in [0, 0.1) is 0 Å². The Morgan fingerprint density at radius 2 is 2.43 bits per heavy atom. The number of rotatable bonds is 3. The minimum Gasteiger partial charge on any atom is -0.505 e. The summed E-state index contributed by atoms with van der Waals surface area (Å²) in [7, 11) is 0. The van der Waals surface area contributed by atoms with E-state index in [2.05, 4.69) is 10.3 Å². The van der Waals surface area contributed by atoms with Gasteiger partial charge in [0.05, 0.1) is 18.4 Å². The molecule has 14 heavy (non-hydrogen) atoms. The van der Waals surface area contributed by atoms with E-state index in [0.29, 0.717) is 0 Å². The fourth-order valence-electron chi connectivity index (χ4n) is 0.925. The highest BCUT2D eigenvalue weighted by atomic mass is 16.3. The van der Waals surface area contributed by atoms with Crippen molar-refractivity contribution in [3.63, 3.8) is 0 Å². The first-order chi connectivity index (χ1) is 6.65. The van der Waals surface area contributed by atoms with Crippen LogP contribution in [0.25, 0.3) is 0 Å². The summed E-state index contributed by atoms with van der Waals surface area (Å²) < 4.78 is 0. The molecule has 5 heteroatoms. The third kappa shape index (κ3) is 2.43. The molecule has 1 aromatic rings. The van der Waals surface area contributed by atoms with E-state index in [9.17, 15) is 9.90 Å². The summed E-state index contributed by atoms with van der Waals surface area (Å²) in [4.78, 5) is 15.1. The van der Waals surface area contributed by atoms with Crippen LogP contribution in [-0.4, -0.2) is 33.8 Å². The molecule has 1 unspecified atom stereocenters. The van der Waals surface area contributed by atoms with Crippen LogP contribution in [0.1, 0.15) is 17.3 Å². The third-order valence-electron chi connectivity index (χ3n) is 1.70. The maximum Gasteiger partial charge on any atom is 0.255 e. The Hall–Kier alpha value is -1.62. The molecule has 0 aromatic carbocycles. The van der Waals surface area contributed by atoms with Gasteiger partial charge in [-0.05, 0) is 13.0 Å². The standard InChI is InChI=1S/C9H12N2O3/c1-6(5-12)11-9(14)7-2-3-10-4-8(7)13/h2-4,6,12-13H,5H2,1H3,(H,11,14). The average molecular weight is 196 g/mol. The van der Waals surface area contributed by atoms with Gasteiger partial charge in [-0.1, -0.05) is 0 Å². The number of aliphatic hydroxyl groups excluding tert-OH is 1. The monoisotopic (exact) mass is 196 g/mol. The molecule has 1 atom stereocenters. The van der Waals surface area contributed by atoms with Crippen molar-refractivity contribution < 1.29 is 15.0 Å². The zero-order valence-electron chi connectivity index (χ0n) is 7.77. The van der Waals surface area contributed by atoms with Crippen molar-refractivity contribution in [1.82, 2.24) is 10.3 Å². The number of hydrogen-bond acceptors (Lipinski definition) is 4. The van der Waals surface area contributed by atoms with Crippen LogP contribution in [0.3, 0.4) is 0 Å². The van der Waals surface area contributed by atoms with E-state index >= 15 is 0 Å². The highest BCUT2D eigenvalue weighted by Crippen LogP contribution is 2.13. The predicted octanol–water partition coefficient (Wildman–Crippen LogP) is -0.102. The summed E-state index contributed by atoms with van der Waals surface area (Å²) in [6, 6.07) is 1.07. The number of carbonyl (C=O) groups is 1. The Kier molecular flexibility index (Phi) is 3.41. The van der Waals surface area contributed by atoms with Crippen molar-refractivity contribution in [1.29, 1.82) is 0 Å². The summed E-state index contributed by atoms with van der Waals surface area (Å²) in [5, 5.41) is 20.5. The van der Waals surface area contributed by atoms with E-state index in [4.69, 9.17) is 5.11 Å². The molecular formula is C9H12N2O3. The van der Waals surface area contributed by atoms with Gasteiger partial charge in [-0.25, -0.2) is 0 Å². The average Bonchev–Trinajstić information content (AvgIpc) is 2.18. The number of aromatic nitrogens is 1. The highest BCUT2D eigenvalue weighted by Gasteiger charge is 2.12. The van der Waals surface area contributed by atoms with Crippen LogP contribution in [0.2, 0.25) is 0 Å². The van der Waals surface area contributed by atoms with Crippen LogP contribution < -0.4 is 5.32 Å². The van der Waals surface area contributed by atoms with E-state index in [0.717, 1.165) is 0 Å². The van der Waals surface area contributed by atoms with Crippen LogP contribution in [0.15, 0.2) is 18.5 Å². The predicted molar refractivity (Wildman–Crippen MR) is 49.9 cm³/mol. The van der Waals surface area contributed by atoms with E-state index in [1.54, 1.807) is 6.92 Å². The van der Waals surface area contributed by atoms with E-state index < -0.39 is 5.91 Å². The number of aliphatic hydroxyl groups is 1. The van der Waals surface area contributed by atoms with E-state index in [1.807, 2.05) is 0 Å². The zero-order chi connectivity index (χ0) is 10.6. The van der Waals surface area contributed by atoms with Gasteiger partial charge < -0.3 is 15.5 Å². The SMILES string of the molecule is CC(CO)NC(=O)c1ccncc1O. The number of hydrogen-bond donors (Lipinski definition) is 3. The summed E-state index contributed by atoms with van der Waals surface area (Å²) in [6.07, 6.45) is 2.61. The lowest BCUT2D eigenvalue weighted by Gasteiger charge is -2.10. The van der Waals surface area contributed by atoms with Crippen molar-refractivity contribution in [3.05, 3.63) is 24.0 Å². The van der Waals surface area contributed by atoms with Crippen LogP contribution in [0.5, 0.6) is 5.75 Å². The molecule has 0 aliphatic carbocycles. The van der Waals surface area contributed by atoms with Gasteiger partial charge in [0, 0.05) is 12.2 Å². The molecular weight excluding hydrogens is 184 g/mol. The second-order valence-corrected chi connectivity index (χ2v) is 2.95. The number of carbonyl (C=O) groups excluding carboxylic acids is 1. The van der Waals surface area contributed by atoms with E-state index in [1.165, 1.54) is 18.5 Å². The first kappa shape index (κ1) is 10.5. The van der Waals surface area contributed by atoms with Gasteiger partial charge in [-0.3, -0.25) is 9.78 Å². The fraction of sp³-hybridized carbons (Fsp3) is 0.333. The van der Waals surface area contributed by atoms with Gasteiger partial charge in [-0.15, -0.1) is 0 Å². The smallest absolute Gasteiger partial charge is 0.255 e. The van der Waals surface area contributed by atoms with E-state index in [-0.39, 0.29) is 24.0 Å². The molecule has 0 aliphatic heterocycles. The lowest BCUT2D eigenvalue weighted by molar-refractivity contribution is 0.0919. The molecule has 3 N–H and O–H groups in total. The Morgan fingerprint density at radius 3 is 3.00 bits per heavy atom. The zero-order valence-corrected chi connectivity index (χ0v) is 7.77. The molecule has 1 amide bonds. The Balaban J connectivity index is 2.75. The number of nitrogens with one attached hydrogen (secondary N) is 1. The largest absolute Gasteiger partial charge is 0.505 e. The number of pyridine rings is 1. The van der Waals surface area contributed by atoms with Crippen molar-refractivity contribution in [2.75, 3.05) is 6.61 Å². The number of nitrogens with zero attached hydrogens (tertiary/aromatic N) is 1. The molecule has 0 spiro atoms. The summed E-state index contributed by atoms with van der Waals surface area (Å²) in [5.41, 5.74) is 0.153. The van der Waals surface area contributed by atoms with Crippen LogP contribution in [-0.2, 0) is 0 Å². The molecule has 1 heterocycles. The van der Waals surface area contributed by atoms with Crippen molar-refractivity contribution >= 4 is 5.91 Å². The first-order valence-corrected chi connectivity index (χ1v) is 4.20. The van der Waals surface area contributed by atoms with Crippen LogP contribution in [0.4, 0.5) is 0 Å². The lowest BCUT2D eigenvalue weighted by Crippen LogP contribution is -2.35. The quantitative estimate of drug-likeness (QED) is 0.630. The van der Waals surface area contributed by atoms with Gasteiger partial charge in [0.1, 0.15) is 5.75 Å². The first-order valence-electron chi connectivity index (χ1n) is 4.20. The highest BCUT2D eigenvalue weighted by molar-refractivity contribution is 5.96. The number of aromatic hydroxyl groups is 1. The molecule has 0 saturated carbocycles. The molecule has 0 bridgehead atoms. The Morgan fingerprint density at radius 1 is 1.71 bits per heavy atom. The summed E-state index contributed by atoms with van der Waals surface area (Å²) in [6.45, 7) is 1.52. The second-order valence-electron chi connectivity index (χ2n) is 2.95. The van der Waals surface area contributed by atoms with Crippen molar-refractivity contribution in [2.45, 2.75) is 13.0 Å². The molecule has 1 aromatic heterocycles. The van der Waals surface area contributed by atoms with Gasteiger partial charge in [-0.2, -0.15) is 0 Å². The van der Waals surface area contributed by atoms with Gasteiger partial charge in [0.15, 0.2) is 0 Å². The summed E-state index contributed by atoms with van der Waals surface area (Å²) in [5.74, 6) is -0.596. The molecule has 76 valence electrons. The molecule has 0 aliphatic rings. The normalized spacial score (nSPS) is 12.1. The topological polar surface area (TPSA) is 82.5 Å². The van der Waals surface area contributed by atoms with Crippen LogP contribution >= 0.6 is 0 Å². The Bertz CT molecular complexity index is 328. The van der Waals surface area contributed by atoms with Crippen molar-refractivity contribution in [2.24, 2.45) is 0 Å². The minimum atomic E-state index is -0.425. The molecule has 5 nitrogen and oxygen atoms in total. The Labute approximate surface area is 81.4 Å². The maximum absolute atomic E-state index is 11.4. The molecule has 0 radical (unpaired) electrons. The lowest BCUT2D eigenvalue weighted by atomic mass is 10.2. The second kappa shape index (κ2) is 4.57. The summed E-state index contributed by atoms with van der Waals surface area (Å²) >= 11 is 0. The molecule has 1 rings (SSSR count). The van der Waals surface area contributed by atoms with Crippen molar-refractivity contribution in [3.8, 4) is 5.75 Å². The maximum atomic E-state index is 11.4. The molecule has 0 saturated heterocycles. The van der Waals surface area contributed by atoms with Gasteiger partial charge in [0.2, 0.25) is 0 Å². The minimum absolute atomic E-state index is 0.141.